The Morgan fingerprint density at radius 1 is 1.25 bits per heavy atom. The Morgan fingerprint density at radius 2 is 1.88 bits per heavy atom. The molecule has 0 saturated carbocycles. The van der Waals surface area contributed by atoms with Gasteiger partial charge in [-0.25, -0.2) is 4.79 Å². The minimum Gasteiger partial charge on any atom is -0.450 e. The third-order valence-electron chi connectivity index (χ3n) is 2.47. The molecular formula is C8H9F3O5. The van der Waals surface area contributed by atoms with Gasteiger partial charge in [-0.15, -0.1) is 0 Å². The summed E-state index contributed by atoms with van der Waals surface area (Å²) in [6, 6.07) is 0. The fraction of sp³-hybridized carbons (Fsp3) is 0.875. The molecule has 2 heterocycles. The molecular weight excluding hydrogens is 233 g/mol. The van der Waals surface area contributed by atoms with E-state index in [4.69, 9.17) is 9.47 Å². The Bertz CT molecular complexity index is 292. The van der Waals surface area contributed by atoms with Gasteiger partial charge >= 0.3 is 12.1 Å². The Labute approximate surface area is 88.1 Å². The second-order valence-electron chi connectivity index (χ2n) is 3.60. The number of alkyl halides is 3. The second kappa shape index (κ2) is 3.86. The zero-order valence-electron chi connectivity index (χ0n) is 7.94. The smallest absolute Gasteiger partial charge is 0.450 e. The number of hydrogen-bond donors (Lipinski definition) is 1. The summed E-state index contributed by atoms with van der Waals surface area (Å²) in [7, 11) is 0. The van der Waals surface area contributed by atoms with E-state index in [-0.39, 0.29) is 13.2 Å². The number of rotatable bonds is 1. The first-order valence-corrected chi connectivity index (χ1v) is 4.58. The summed E-state index contributed by atoms with van der Waals surface area (Å²) >= 11 is 0. The zero-order chi connectivity index (χ0) is 11.9. The summed E-state index contributed by atoms with van der Waals surface area (Å²) in [6.45, 7) is -0.233. The van der Waals surface area contributed by atoms with Gasteiger partial charge in [0.15, 0.2) is 6.10 Å². The molecule has 0 radical (unpaired) electrons. The minimum atomic E-state index is -5.03. The van der Waals surface area contributed by atoms with Crippen molar-refractivity contribution in [3.8, 4) is 0 Å². The van der Waals surface area contributed by atoms with Crippen LogP contribution in [0.15, 0.2) is 0 Å². The van der Waals surface area contributed by atoms with E-state index >= 15 is 0 Å². The van der Waals surface area contributed by atoms with Crippen molar-refractivity contribution in [1.29, 1.82) is 0 Å². The van der Waals surface area contributed by atoms with Crippen LogP contribution in [0.25, 0.3) is 0 Å². The molecule has 2 fully saturated rings. The highest BCUT2D eigenvalue weighted by Crippen LogP contribution is 2.30. The van der Waals surface area contributed by atoms with Gasteiger partial charge in [-0.3, -0.25) is 0 Å². The van der Waals surface area contributed by atoms with Crippen LogP contribution >= 0.6 is 0 Å². The van der Waals surface area contributed by atoms with Gasteiger partial charge in [0.2, 0.25) is 0 Å². The molecule has 4 atom stereocenters. The van der Waals surface area contributed by atoms with Crippen molar-refractivity contribution in [1.82, 2.24) is 0 Å². The number of halogens is 3. The molecule has 0 amide bonds. The Hall–Kier alpha value is -0.860. The van der Waals surface area contributed by atoms with Crippen LogP contribution in [0.2, 0.25) is 0 Å². The summed E-state index contributed by atoms with van der Waals surface area (Å²) in [5, 5.41) is 9.30. The van der Waals surface area contributed by atoms with E-state index < -0.39 is 36.6 Å². The van der Waals surface area contributed by atoms with Crippen LogP contribution in [0.1, 0.15) is 0 Å². The molecule has 0 unspecified atom stereocenters. The van der Waals surface area contributed by atoms with Crippen molar-refractivity contribution in [3.05, 3.63) is 0 Å². The van der Waals surface area contributed by atoms with E-state index in [1.165, 1.54) is 0 Å². The molecule has 2 aliphatic rings. The highest BCUT2D eigenvalue weighted by atomic mass is 19.4. The molecule has 2 rings (SSSR count). The molecule has 0 aromatic carbocycles. The fourth-order valence-corrected chi connectivity index (χ4v) is 1.75. The van der Waals surface area contributed by atoms with Crippen LogP contribution in [0, 0.1) is 0 Å². The number of hydrogen-bond acceptors (Lipinski definition) is 5. The lowest BCUT2D eigenvalue weighted by molar-refractivity contribution is -0.208. The van der Waals surface area contributed by atoms with Crippen LogP contribution in [-0.2, 0) is 19.0 Å². The van der Waals surface area contributed by atoms with Gasteiger partial charge < -0.3 is 19.3 Å². The van der Waals surface area contributed by atoms with Crippen molar-refractivity contribution in [3.63, 3.8) is 0 Å². The summed E-state index contributed by atoms with van der Waals surface area (Å²) < 4.78 is 50.0. The monoisotopic (exact) mass is 242 g/mol. The first-order valence-electron chi connectivity index (χ1n) is 4.58. The first kappa shape index (κ1) is 11.6. The minimum absolute atomic E-state index is 0.0323. The quantitative estimate of drug-likeness (QED) is 0.635. The lowest BCUT2D eigenvalue weighted by Gasteiger charge is -2.17. The van der Waals surface area contributed by atoms with Gasteiger partial charge in [-0.2, -0.15) is 13.2 Å². The molecule has 1 N–H and O–H groups in total. The maximum atomic E-state index is 11.9. The second-order valence-corrected chi connectivity index (χ2v) is 3.60. The molecule has 2 aliphatic heterocycles. The molecule has 2 saturated heterocycles. The number of aliphatic hydroxyl groups excluding tert-OH is 1. The van der Waals surface area contributed by atoms with Crippen LogP contribution in [0.5, 0.6) is 0 Å². The van der Waals surface area contributed by atoms with Crippen molar-refractivity contribution in [2.45, 2.75) is 30.6 Å². The Balaban J connectivity index is 1.95. The molecule has 0 bridgehead atoms. The number of carbonyl (C=O) groups is 1. The van der Waals surface area contributed by atoms with E-state index in [1.807, 2.05) is 0 Å². The zero-order valence-corrected chi connectivity index (χ0v) is 7.94. The van der Waals surface area contributed by atoms with Crippen molar-refractivity contribution in [2.75, 3.05) is 13.2 Å². The van der Waals surface area contributed by atoms with Gasteiger partial charge in [0.05, 0.1) is 13.2 Å². The number of esters is 1. The maximum absolute atomic E-state index is 11.9. The molecule has 8 heteroatoms. The average Bonchev–Trinajstić information content (AvgIpc) is 2.70. The predicted octanol–water partition coefficient (Wildman–Crippen LogP) is -0.381. The highest BCUT2D eigenvalue weighted by Gasteiger charge is 2.51. The molecule has 0 aliphatic carbocycles. The largest absolute Gasteiger partial charge is 0.490 e. The summed E-state index contributed by atoms with van der Waals surface area (Å²) in [5.41, 5.74) is 0. The Morgan fingerprint density at radius 3 is 2.50 bits per heavy atom. The molecule has 0 aromatic heterocycles. The summed E-state index contributed by atoms with van der Waals surface area (Å²) in [6.07, 6.45) is -8.57. The van der Waals surface area contributed by atoms with Gasteiger partial charge in [0, 0.05) is 0 Å². The topological polar surface area (TPSA) is 65.0 Å². The number of ether oxygens (including phenoxy) is 3. The maximum Gasteiger partial charge on any atom is 0.490 e. The third kappa shape index (κ3) is 2.00. The Kier molecular flexibility index (Phi) is 2.81. The van der Waals surface area contributed by atoms with Gasteiger partial charge in [-0.05, 0) is 0 Å². The summed E-state index contributed by atoms with van der Waals surface area (Å²) in [5.74, 6) is -2.27. The third-order valence-corrected chi connectivity index (χ3v) is 2.47. The van der Waals surface area contributed by atoms with Gasteiger partial charge in [0.25, 0.3) is 0 Å². The van der Waals surface area contributed by atoms with Crippen LogP contribution < -0.4 is 0 Å². The van der Waals surface area contributed by atoms with Gasteiger partial charge in [0.1, 0.15) is 18.3 Å². The average molecular weight is 242 g/mol. The van der Waals surface area contributed by atoms with Crippen LogP contribution in [0.4, 0.5) is 13.2 Å². The van der Waals surface area contributed by atoms with Crippen LogP contribution in [0.3, 0.4) is 0 Å². The standard InChI is InChI=1S/C8H9F3O5/c9-8(10,11)7(13)16-4-2-15-5-3(12)1-14-6(4)5/h3-6,12H,1-2H2/t3-,4+,5-,6-/m1/s1. The van der Waals surface area contributed by atoms with E-state index in [9.17, 15) is 23.1 Å². The van der Waals surface area contributed by atoms with Crippen LogP contribution in [-0.4, -0.2) is 54.9 Å². The van der Waals surface area contributed by atoms with E-state index in [1.54, 1.807) is 0 Å². The summed E-state index contributed by atoms with van der Waals surface area (Å²) in [4.78, 5) is 10.6. The molecule has 16 heavy (non-hydrogen) atoms. The normalized spacial score (nSPS) is 38.5. The van der Waals surface area contributed by atoms with E-state index in [0.29, 0.717) is 0 Å². The highest BCUT2D eigenvalue weighted by molar-refractivity contribution is 5.75. The predicted molar refractivity (Wildman–Crippen MR) is 41.4 cm³/mol. The number of aliphatic hydroxyl groups is 1. The fourth-order valence-electron chi connectivity index (χ4n) is 1.75. The van der Waals surface area contributed by atoms with E-state index in [0.717, 1.165) is 0 Å². The van der Waals surface area contributed by atoms with Crippen molar-refractivity contribution < 1.29 is 37.3 Å². The van der Waals surface area contributed by atoms with Crippen molar-refractivity contribution in [2.24, 2.45) is 0 Å². The van der Waals surface area contributed by atoms with Crippen molar-refractivity contribution >= 4 is 5.97 Å². The van der Waals surface area contributed by atoms with Gasteiger partial charge in [-0.1, -0.05) is 0 Å². The number of carbonyl (C=O) groups excluding carboxylic acids is 1. The molecule has 0 aromatic rings. The lowest BCUT2D eigenvalue weighted by atomic mass is 10.1. The SMILES string of the molecule is O=C(O[C@H]1CO[C@H]2[C@@H]1OC[C@H]2O)C(F)(F)F. The number of fused-ring (bicyclic) bond motifs is 1. The molecule has 0 spiro atoms. The molecule has 5 nitrogen and oxygen atoms in total. The molecule has 92 valence electrons. The first-order chi connectivity index (χ1) is 7.39. The lowest BCUT2D eigenvalue weighted by Crippen LogP contribution is -2.37. The van der Waals surface area contributed by atoms with E-state index in [2.05, 4.69) is 4.74 Å².